The molecule has 0 fully saturated rings. The lowest BCUT2D eigenvalue weighted by molar-refractivity contribution is 0.632. The highest BCUT2D eigenvalue weighted by Gasteiger charge is 1.89. The Bertz CT molecular complexity index is 165. The minimum Gasteiger partial charge on any atom is -0.396 e. The Balaban J connectivity index is 3.13. The van der Waals surface area contributed by atoms with Crippen LogP contribution in [0.5, 0.6) is 0 Å². The fraction of sp³-hybridized carbons (Fsp3) is 0. The molecule has 2 heteroatoms. The minimum atomic E-state index is -0.410. The molecule has 0 saturated carbocycles. The van der Waals surface area contributed by atoms with Crippen LogP contribution in [0.1, 0.15) is 0 Å². The van der Waals surface area contributed by atoms with Gasteiger partial charge in [0.25, 0.3) is 0 Å². The molecule has 0 aromatic heterocycles. The van der Waals surface area contributed by atoms with E-state index in [0.717, 1.165) is 0 Å². The van der Waals surface area contributed by atoms with E-state index in [1.54, 1.807) is 6.07 Å². The molecule has 0 heterocycles. The highest BCUT2D eigenvalue weighted by atomic mass is 19.1. The van der Waals surface area contributed by atoms with Crippen molar-refractivity contribution in [2.24, 2.45) is 0 Å². The second-order valence-electron chi connectivity index (χ2n) is 1.45. The first-order valence-corrected chi connectivity index (χ1v) is 2.22. The van der Waals surface area contributed by atoms with Crippen molar-refractivity contribution in [2.75, 3.05) is 5.73 Å². The molecule has 1 rings (SSSR count). The number of nitrogen functional groups attached to an aromatic ring is 1. The van der Waals surface area contributed by atoms with E-state index in [1.807, 2.05) is 0 Å². The van der Waals surface area contributed by atoms with Gasteiger partial charge < -0.3 is 5.73 Å². The fourth-order valence-electron chi connectivity index (χ4n) is 0.422. The number of hydrogen-bond donors (Lipinski definition) is 1. The van der Waals surface area contributed by atoms with Gasteiger partial charge in [-0.1, -0.05) is 6.07 Å². The summed E-state index contributed by atoms with van der Waals surface area (Å²) in [5.41, 5.74) is 5.29. The lowest BCUT2D eigenvalue weighted by Gasteiger charge is -1.89. The summed E-state index contributed by atoms with van der Waals surface area (Å²) in [6.07, 6.45) is 0. The molecule has 1 aromatic rings. The van der Waals surface area contributed by atoms with Gasteiger partial charge in [-0.25, -0.2) is 4.39 Å². The van der Waals surface area contributed by atoms with Crippen LogP contribution in [0.15, 0.2) is 18.2 Å². The Labute approximate surface area is 46.9 Å². The number of halogens is 1. The highest BCUT2D eigenvalue weighted by Crippen LogP contribution is 2.05. The molecule has 8 heavy (non-hydrogen) atoms. The Morgan fingerprint density at radius 2 is 2.38 bits per heavy atom. The Morgan fingerprint density at radius 3 is 2.75 bits per heavy atom. The summed E-state index contributed by atoms with van der Waals surface area (Å²) in [5, 5.41) is 0. The second kappa shape index (κ2) is 1.82. The third kappa shape index (κ3) is 0.780. The number of nitrogens with two attached hydrogens (primary N) is 1. The van der Waals surface area contributed by atoms with Crippen molar-refractivity contribution in [3.8, 4) is 0 Å². The van der Waals surface area contributed by atoms with E-state index >= 15 is 0 Å². The summed E-state index contributed by atoms with van der Waals surface area (Å²) < 4.78 is 12.2. The summed E-state index contributed by atoms with van der Waals surface area (Å²) in [6, 6.07) is 6.79. The van der Waals surface area contributed by atoms with E-state index in [2.05, 4.69) is 6.07 Å². The first-order valence-electron chi connectivity index (χ1n) is 2.22. The molecule has 0 unspecified atom stereocenters. The average molecular weight is 110 g/mol. The van der Waals surface area contributed by atoms with Gasteiger partial charge in [0.2, 0.25) is 0 Å². The van der Waals surface area contributed by atoms with Gasteiger partial charge in [-0.3, -0.25) is 0 Å². The van der Waals surface area contributed by atoms with Gasteiger partial charge in [0, 0.05) is 0 Å². The zero-order valence-corrected chi connectivity index (χ0v) is 4.19. The van der Waals surface area contributed by atoms with E-state index in [9.17, 15) is 4.39 Å². The first-order chi connectivity index (χ1) is 3.80. The molecule has 0 spiro atoms. The zero-order chi connectivity index (χ0) is 5.98. The van der Waals surface area contributed by atoms with Gasteiger partial charge in [0.05, 0.1) is 5.69 Å². The van der Waals surface area contributed by atoms with Gasteiger partial charge in [-0.2, -0.15) is 0 Å². The molecular weight excluding hydrogens is 105 g/mol. The molecule has 0 atom stereocenters. The fourth-order valence-corrected chi connectivity index (χ4v) is 0.422. The summed E-state index contributed by atoms with van der Waals surface area (Å²) in [6.45, 7) is 0. The van der Waals surface area contributed by atoms with Gasteiger partial charge in [-0.15, -0.1) is 0 Å². The molecule has 0 aliphatic heterocycles. The van der Waals surface area contributed by atoms with Crippen LogP contribution >= 0.6 is 0 Å². The van der Waals surface area contributed by atoms with Crippen molar-refractivity contribution in [1.29, 1.82) is 0 Å². The molecule has 1 nitrogen and oxygen atoms in total. The Morgan fingerprint density at radius 1 is 1.62 bits per heavy atom. The Kier molecular flexibility index (Phi) is 1.16. The second-order valence-corrected chi connectivity index (χ2v) is 1.45. The zero-order valence-electron chi connectivity index (χ0n) is 4.19. The molecule has 41 valence electrons. The average Bonchev–Trinajstić information content (AvgIpc) is 1.77. The van der Waals surface area contributed by atoms with Gasteiger partial charge >= 0.3 is 0 Å². The van der Waals surface area contributed by atoms with E-state index < -0.39 is 5.82 Å². The maximum atomic E-state index is 12.2. The molecule has 1 aromatic carbocycles. The summed E-state index contributed by atoms with van der Waals surface area (Å²) in [4.78, 5) is 0. The van der Waals surface area contributed by atoms with Crippen molar-refractivity contribution in [3.63, 3.8) is 0 Å². The summed E-state index contributed by atoms with van der Waals surface area (Å²) >= 11 is 0. The van der Waals surface area contributed by atoms with Crippen molar-refractivity contribution < 1.29 is 4.39 Å². The van der Waals surface area contributed by atoms with Crippen LogP contribution < -0.4 is 5.73 Å². The first kappa shape index (κ1) is 5.09. The van der Waals surface area contributed by atoms with Crippen molar-refractivity contribution in [2.45, 2.75) is 0 Å². The standard InChI is InChI=1S/C6H5FN/c7-5-3-1-2-4-6(5)8/h2-4H,8H2. The number of anilines is 1. The molecular formula is C6H5FN. The van der Waals surface area contributed by atoms with Gasteiger partial charge in [0.1, 0.15) is 5.82 Å². The third-order valence-corrected chi connectivity index (χ3v) is 0.845. The predicted octanol–water partition coefficient (Wildman–Crippen LogP) is 1.21. The maximum absolute atomic E-state index is 12.2. The molecule has 0 aliphatic rings. The quantitative estimate of drug-likeness (QED) is 0.499. The molecule has 2 N–H and O–H groups in total. The lowest BCUT2D eigenvalue weighted by Crippen LogP contribution is -1.87. The summed E-state index contributed by atoms with van der Waals surface area (Å²) in [7, 11) is 0. The van der Waals surface area contributed by atoms with Crippen molar-refractivity contribution in [1.82, 2.24) is 0 Å². The number of hydrogen-bond acceptors (Lipinski definition) is 1. The Hall–Kier alpha value is -1.05. The van der Waals surface area contributed by atoms with Crippen LogP contribution in [0.3, 0.4) is 0 Å². The van der Waals surface area contributed by atoms with E-state index in [-0.39, 0.29) is 5.69 Å². The number of benzene rings is 1. The topological polar surface area (TPSA) is 26.0 Å². The SMILES string of the molecule is Nc1cc[c]cc1F. The van der Waals surface area contributed by atoms with Gasteiger partial charge in [-0.05, 0) is 18.2 Å². The molecule has 0 bridgehead atoms. The van der Waals surface area contributed by atoms with E-state index in [1.165, 1.54) is 12.1 Å². The molecule has 1 radical (unpaired) electrons. The summed E-state index contributed by atoms with van der Waals surface area (Å²) in [5.74, 6) is -0.410. The molecule has 0 amide bonds. The monoisotopic (exact) mass is 110 g/mol. The smallest absolute Gasteiger partial charge is 0.146 e. The minimum absolute atomic E-state index is 0.170. The maximum Gasteiger partial charge on any atom is 0.146 e. The predicted molar refractivity (Wildman–Crippen MR) is 29.6 cm³/mol. The van der Waals surface area contributed by atoms with E-state index in [4.69, 9.17) is 5.73 Å². The van der Waals surface area contributed by atoms with Crippen LogP contribution in [0.2, 0.25) is 0 Å². The van der Waals surface area contributed by atoms with Crippen LogP contribution in [0.25, 0.3) is 0 Å². The van der Waals surface area contributed by atoms with E-state index in [0.29, 0.717) is 0 Å². The molecule has 0 saturated heterocycles. The van der Waals surface area contributed by atoms with Crippen LogP contribution in [0, 0.1) is 11.9 Å². The van der Waals surface area contributed by atoms with Crippen molar-refractivity contribution in [3.05, 3.63) is 30.1 Å². The number of rotatable bonds is 0. The van der Waals surface area contributed by atoms with Gasteiger partial charge in [0.15, 0.2) is 0 Å². The largest absolute Gasteiger partial charge is 0.396 e. The van der Waals surface area contributed by atoms with Crippen LogP contribution in [-0.2, 0) is 0 Å². The lowest BCUT2D eigenvalue weighted by atomic mass is 10.3. The van der Waals surface area contributed by atoms with Crippen molar-refractivity contribution >= 4 is 5.69 Å². The van der Waals surface area contributed by atoms with Crippen LogP contribution in [0.4, 0.5) is 10.1 Å². The van der Waals surface area contributed by atoms with Crippen LogP contribution in [-0.4, -0.2) is 0 Å². The highest BCUT2D eigenvalue weighted by molar-refractivity contribution is 5.37. The normalized spacial score (nSPS) is 9.12. The third-order valence-electron chi connectivity index (χ3n) is 0.845. The molecule has 0 aliphatic carbocycles.